The van der Waals surface area contributed by atoms with Gasteiger partial charge in [0.2, 0.25) is 0 Å². The number of carbonyl (C=O) groups is 2. The molecule has 0 atom stereocenters. The molecule has 0 saturated heterocycles. The number of hydrogen-bond acceptors (Lipinski definition) is 3. The van der Waals surface area contributed by atoms with Crippen LogP contribution in [0, 0.1) is 13.8 Å². The molecule has 1 aromatic carbocycles. The van der Waals surface area contributed by atoms with Crippen molar-refractivity contribution in [2.24, 2.45) is 0 Å². The highest BCUT2D eigenvalue weighted by Crippen LogP contribution is 2.34. The normalized spacial score (nSPS) is 13.8. The Morgan fingerprint density at radius 1 is 1.14 bits per heavy atom. The number of halogens is 1. The SMILES string of the molecule is Cc1cc(C)c2c(c1)C(=O)C(=O)N2Cc1cncc(Br)c1. The minimum Gasteiger partial charge on any atom is -0.300 e. The van der Waals surface area contributed by atoms with Gasteiger partial charge < -0.3 is 4.90 Å². The maximum absolute atomic E-state index is 12.3. The van der Waals surface area contributed by atoms with Crippen LogP contribution in [0.2, 0.25) is 0 Å². The summed E-state index contributed by atoms with van der Waals surface area (Å²) in [7, 11) is 0. The molecule has 0 unspecified atom stereocenters. The second-order valence-electron chi connectivity index (χ2n) is 5.21. The molecule has 2 heterocycles. The summed E-state index contributed by atoms with van der Waals surface area (Å²) in [6.45, 7) is 4.18. The van der Waals surface area contributed by atoms with Crippen molar-refractivity contribution >= 4 is 33.3 Å². The van der Waals surface area contributed by atoms with Gasteiger partial charge in [0.15, 0.2) is 0 Å². The fourth-order valence-electron chi connectivity index (χ4n) is 2.71. The summed E-state index contributed by atoms with van der Waals surface area (Å²) in [5, 5.41) is 0. The van der Waals surface area contributed by atoms with Crippen LogP contribution in [0.15, 0.2) is 35.1 Å². The van der Waals surface area contributed by atoms with Gasteiger partial charge in [0.05, 0.1) is 17.8 Å². The lowest BCUT2D eigenvalue weighted by Gasteiger charge is -2.18. The number of ketones is 1. The molecule has 0 aliphatic carbocycles. The van der Waals surface area contributed by atoms with Crippen LogP contribution < -0.4 is 4.90 Å². The molecule has 1 aromatic heterocycles. The van der Waals surface area contributed by atoms with Gasteiger partial charge in [-0.3, -0.25) is 14.6 Å². The molecule has 0 fully saturated rings. The van der Waals surface area contributed by atoms with E-state index in [1.807, 2.05) is 26.0 Å². The largest absolute Gasteiger partial charge is 0.300 e. The van der Waals surface area contributed by atoms with Crippen molar-refractivity contribution in [1.29, 1.82) is 0 Å². The lowest BCUT2D eigenvalue weighted by atomic mass is 10.0. The van der Waals surface area contributed by atoms with E-state index in [0.717, 1.165) is 26.9 Å². The van der Waals surface area contributed by atoms with E-state index in [1.54, 1.807) is 18.5 Å². The predicted molar refractivity (Wildman–Crippen MR) is 83.4 cm³/mol. The Hall–Kier alpha value is -2.01. The van der Waals surface area contributed by atoms with Gasteiger partial charge in [-0.15, -0.1) is 0 Å². The number of aryl methyl sites for hydroxylation is 2. The van der Waals surface area contributed by atoms with Gasteiger partial charge >= 0.3 is 0 Å². The third-order valence-electron chi connectivity index (χ3n) is 3.50. The Labute approximate surface area is 130 Å². The van der Waals surface area contributed by atoms with Crippen molar-refractivity contribution in [3.05, 3.63) is 57.3 Å². The van der Waals surface area contributed by atoms with Crippen LogP contribution in [-0.4, -0.2) is 16.7 Å². The first-order chi connectivity index (χ1) is 9.97. The smallest absolute Gasteiger partial charge is 0.299 e. The van der Waals surface area contributed by atoms with Crippen LogP contribution in [0.25, 0.3) is 0 Å². The first-order valence-corrected chi connectivity index (χ1v) is 7.33. The molecule has 1 aliphatic rings. The zero-order valence-electron chi connectivity index (χ0n) is 11.7. The average molecular weight is 345 g/mol. The first kappa shape index (κ1) is 13.9. The Bertz CT molecular complexity index is 771. The number of carbonyl (C=O) groups excluding carboxylic acids is 2. The molecule has 0 bridgehead atoms. The molecular formula is C16H13BrN2O2. The molecular weight excluding hydrogens is 332 g/mol. The van der Waals surface area contributed by atoms with Crippen LogP contribution in [0.3, 0.4) is 0 Å². The van der Waals surface area contributed by atoms with Crippen molar-refractivity contribution in [1.82, 2.24) is 4.98 Å². The second-order valence-corrected chi connectivity index (χ2v) is 6.13. The van der Waals surface area contributed by atoms with Gasteiger partial charge in [-0.25, -0.2) is 0 Å². The zero-order chi connectivity index (χ0) is 15.1. The van der Waals surface area contributed by atoms with E-state index in [-0.39, 0.29) is 0 Å². The lowest BCUT2D eigenvalue weighted by molar-refractivity contribution is -0.114. The Morgan fingerprint density at radius 3 is 2.62 bits per heavy atom. The number of amides is 1. The molecule has 0 spiro atoms. The van der Waals surface area contributed by atoms with E-state index in [1.165, 1.54) is 4.90 Å². The molecule has 0 radical (unpaired) electrons. The van der Waals surface area contributed by atoms with Crippen LogP contribution in [0.5, 0.6) is 0 Å². The predicted octanol–water partition coefficient (Wildman–Crippen LogP) is 3.19. The maximum Gasteiger partial charge on any atom is 0.299 e. The van der Waals surface area contributed by atoms with E-state index in [2.05, 4.69) is 20.9 Å². The van der Waals surface area contributed by atoms with Crippen LogP contribution in [0.1, 0.15) is 27.0 Å². The van der Waals surface area contributed by atoms with Gasteiger partial charge in [0, 0.05) is 16.9 Å². The fourth-order valence-corrected chi connectivity index (χ4v) is 3.12. The summed E-state index contributed by atoms with van der Waals surface area (Å²) >= 11 is 3.36. The minimum atomic E-state index is -0.473. The topological polar surface area (TPSA) is 50.3 Å². The molecule has 0 N–H and O–H groups in total. The molecule has 0 saturated carbocycles. The highest BCUT2D eigenvalue weighted by atomic mass is 79.9. The van der Waals surface area contributed by atoms with E-state index < -0.39 is 11.7 Å². The van der Waals surface area contributed by atoms with Gasteiger partial charge in [-0.1, -0.05) is 6.07 Å². The first-order valence-electron chi connectivity index (χ1n) is 6.54. The van der Waals surface area contributed by atoms with E-state index in [9.17, 15) is 9.59 Å². The Balaban J connectivity index is 2.05. The lowest BCUT2D eigenvalue weighted by Crippen LogP contribution is -2.29. The maximum atomic E-state index is 12.3. The van der Waals surface area contributed by atoms with E-state index in [4.69, 9.17) is 0 Å². The molecule has 4 nitrogen and oxygen atoms in total. The van der Waals surface area contributed by atoms with Crippen molar-refractivity contribution in [2.45, 2.75) is 20.4 Å². The van der Waals surface area contributed by atoms with Gasteiger partial charge in [0.1, 0.15) is 0 Å². The van der Waals surface area contributed by atoms with Crippen molar-refractivity contribution < 1.29 is 9.59 Å². The minimum absolute atomic E-state index is 0.341. The van der Waals surface area contributed by atoms with Crippen LogP contribution in [0.4, 0.5) is 5.69 Å². The Kier molecular flexibility index (Phi) is 3.37. The highest BCUT2D eigenvalue weighted by Gasteiger charge is 2.37. The molecule has 5 heteroatoms. The number of aromatic nitrogens is 1. The van der Waals surface area contributed by atoms with Gasteiger partial charge in [-0.05, 0) is 58.6 Å². The van der Waals surface area contributed by atoms with E-state index >= 15 is 0 Å². The number of pyridine rings is 1. The highest BCUT2D eigenvalue weighted by molar-refractivity contribution is 9.10. The van der Waals surface area contributed by atoms with Crippen molar-refractivity contribution in [2.75, 3.05) is 4.90 Å². The number of nitrogens with zero attached hydrogens (tertiary/aromatic N) is 2. The molecule has 3 rings (SSSR count). The second kappa shape index (κ2) is 5.07. The summed E-state index contributed by atoms with van der Waals surface area (Å²) in [6.07, 6.45) is 3.38. The molecule has 21 heavy (non-hydrogen) atoms. The zero-order valence-corrected chi connectivity index (χ0v) is 13.3. The fraction of sp³-hybridized carbons (Fsp3) is 0.188. The number of benzene rings is 1. The number of Topliss-reactive ketones (excluding diaryl/α,β-unsaturated/α-hetero) is 1. The summed E-state index contributed by atoms with van der Waals surface area (Å²) in [4.78, 5) is 30.0. The van der Waals surface area contributed by atoms with Gasteiger partial charge in [-0.2, -0.15) is 0 Å². The molecule has 106 valence electrons. The number of hydrogen-bond donors (Lipinski definition) is 0. The van der Waals surface area contributed by atoms with Crippen LogP contribution in [-0.2, 0) is 11.3 Å². The summed E-state index contributed by atoms with van der Waals surface area (Å²) in [5.74, 6) is -0.904. The summed E-state index contributed by atoms with van der Waals surface area (Å²) < 4.78 is 0.846. The van der Waals surface area contributed by atoms with Crippen LogP contribution >= 0.6 is 15.9 Å². The average Bonchev–Trinajstić information content (AvgIpc) is 2.64. The van der Waals surface area contributed by atoms with E-state index in [0.29, 0.717) is 12.1 Å². The number of rotatable bonds is 2. The monoisotopic (exact) mass is 344 g/mol. The summed E-state index contributed by atoms with van der Waals surface area (Å²) in [6, 6.07) is 5.66. The van der Waals surface area contributed by atoms with Crippen molar-refractivity contribution in [3.63, 3.8) is 0 Å². The third kappa shape index (κ3) is 2.38. The number of fused-ring (bicyclic) bond motifs is 1. The third-order valence-corrected chi connectivity index (χ3v) is 3.93. The molecule has 2 aromatic rings. The van der Waals surface area contributed by atoms with Crippen molar-refractivity contribution in [3.8, 4) is 0 Å². The number of anilines is 1. The van der Waals surface area contributed by atoms with Gasteiger partial charge in [0.25, 0.3) is 11.7 Å². The summed E-state index contributed by atoms with van der Waals surface area (Å²) in [5.41, 5.74) is 4.01. The Morgan fingerprint density at radius 2 is 1.90 bits per heavy atom. The molecule has 1 aliphatic heterocycles. The standard InChI is InChI=1S/C16H13BrN2O2/c1-9-3-10(2)14-13(4-9)15(20)16(21)19(14)8-11-5-12(17)7-18-6-11/h3-7H,8H2,1-2H3. The quantitative estimate of drug-likeness (QED) is 0.786. The molecule has 1 amide bonds.